The molecule has 0 bridgehead atoms. The van der Waals surface area contributed by atoms with Crippen molar-refractivity contribution in [2.24, 2.45) is 0 Å². The third-order valence-electron chi connectivity index (χ3n) is 4.55. The molecule has 6 heteroatoms. The number of morpholine rings is 1. The monoisotopic (exact) mass is 292 g/mol. The van der Waals surface area contributed by atoms with Gasteiger partial charge in [-0.3, -0.25) is 9.69 Å². The molecular weight excluding hydrogens is 268 g/mol. The van der Waals surface area contributed by atoms with Gasteiger partial charge in [-0.2, -0.15) is 0 Å². The molecule has 1 saturated heterocycles. The number of carbonyl (C=O) groups is 1. The Morgan fingerprint density at radius 3 is 2.71 bits per heavy atom. The first-order chi connectivity index (χ1) is 10.1. The summed E-state index contributed by atoms with van der Waals surface area (Å²) in [5.41, 5.74) is 2.39. The fourth-order valence-corrected chi connectivity index (χ4v) is 3.08. The van der Waals surface area contributed by atoms with Gasteiger partial charge in [0.25, 0.3) is 0 Å². The Morgan fingerprint density at radius 2 is 1.95 bits per heavy atom. The molecule has 0 unspecified atom stereocenters. The number of rotatable bonds is 3. The van der Waals surface area contributed by atoms with Gasteiger partial charge in [-0.1, -0.05) is 0 Å². The lowest BCUT2D eigenvalue weighted by Crippen LogP contribution is -2.42. The molecule has 0 radical (unpaired) electrons. The number of nitrogens with zero attached hydrogens (tertiary/aromatic N) is 4. The summed E-state index contributed by atoms with van der Waals surface area (Å²) in [6, 6.07) is 0. The third-order valence-corrected chi connectivity index (χ3v) is 4.55. The molecule has 0 aromatic carbocycles. The first-order valence-electron chi connectivity index (χ1n) is 7.75. The molecule has 1 amide bonds. The van der Waals surface area contributed by atoms with Gasteiger partial charge < -0.3 is 14.2 Å². The maximum Gasteiger partial charge on any atom is 0.224 e. The van der Waals surface area contributed by atoms with E-state index in [1.54, 1.807) is 0 Å². The molecule has 0 N–H and O–H groups in total. The van der Waals surface area contributed by atoms with E-state index < -0.39 is 0 Å². The van der Waals surface area contributed by atoms with Gasteiger partial charge in [-0.15, -0.1) is 0 Å². The Balaban J connectivity index is 1.51. The summed E-state index contributed by atoms with van der Waals surface area (Å²) in [6.07, 6.45) is 0.596. The minimum absolute atomic E-state index is 0.250. The van der Waals surface area contributed by atoms with Crippen LogP contribution >= 0.6 is 0 Å². The summed E-state index contributed by atoms with van der Waals surface area (Å²) in [7, 11) is 0. The van der Waals surface area contributed by atoms with Crippen molar-refractivity contribution in [3.8, 4) is 0 Å². The van der Waals surface area contributed by atoms with E-state index in [0.29, 0.717) is 19.6 Å². The topological polar surface area (TPSA) is 50.6 Å². The normalized spacial score (nSPS) is 19.6. The van der Waals surface area contributed by atoms with Crippen molar-refractivity contribution < 1.29 is 9.53 Å². The van der Waals surface area contributed by atoms with Gasteiger partial charge in [-0.25, -0.2) is 4.98 Å². The van der Waals surface area contributed by atoms with Crippen LogP contribution in [0.25, 0.3) is 0 Å². The van der Waals surface area contributed by atoms with Crippen molar-refractivity contribution in [3.05, 3.63) is 17.2 Å². The van der Waals surface area contributed by atoms with Crippen LogP contribution in [0.4, 0.5) is 0 Å². The number of hydrogen-bond acceptors (Lipinski definition) is 4. The lowest BCUT2D eigenvalue weighted by atomic mass is 10.2. The Labute approximate surface area is 125 Å². The van der Waals surface area contributed by atoms with Crippen molar-refractivity contribution in [1.82, 2.24) is 19.4 Å². The van der Waals surface area contributed by atoms with Gasteiger partial charge in [0, 0.05) is 44.8 Å². The summed E-state index contributed by atoms with van der Waals surface area (Å²) in [5.74, 6) is 1.38. The Hall–Kier alpha value is -1.40. The minimum atomic E-state index is 0.250. The van der Waals surface area contributed by atoms with E-state index in [0.717, 1.165) is 50.8 Å². The van der Waals surface area contributed by atoms with Crippen molar-refractivity contribution >= 4 is 5.91 Å². The summed E-state index contributed by atoms with van der Waals surface area (Å²) >= 11 is 0. The van der Waals surface area contributed by atoms with Crippen LogP contribution in [-0.2, 0) is 22.6 Å². The summed E-state index contributed by atoms with van der Waals surface area (Å²) in [4.78, 5) is 21.0. The maximum absolute atomic E-state index is 12.2. The van der Waals surface area contributed by atoms with Crippen molar-refractivity contribution in [2.75, 3.05) is 39.4 Å². The number of ether oxygens (including phenoxy) is 1. The molecule has 1 aromatic heterocycles. The number of hydrogen-bond donors (Lipinski definition) is 0. The number of imidazole rings is 1. The molecule has 0 atom stereocenters. The van der Waals surface area contributed by atoms with Crippen LogP contribution in [0.2, 0.25) is 0 Å². The Kier molecular flexibility index (Phi) is 4.26. The molecule has 6 nitrogen and oxygen atoms in total. The first kappa shape index (κ1) is 14.5. The Morgan fingerprint density at radius 1 is 1.19 bits per heavy atom. The number of aryl methyl sites for hydroxylation is 1. The predicted octanol–water partition coefficient (Wildman–Crippen LogP) is 0.564. The van der Waals surface area contributed by atoms with Gasteiger partial charge in [0.1, 0.15) is 5.82 Å². The Bertz CT molecular complexity index is 520. The zero-order valence-corrected chi connectivity index (χ0v) is 13.0. The highest BCUT2D eigenvalue weighted by Crippen LogP contribution is 2.17. The molecule has 3 heterocycles. The number of aromatic nitrogens is 2. The molecule has 21 heavy (non-hydrogen) atoms. The lowest BCUT2D eigenvalue weighted by molar-refractivity contribution is -0.135. The van der Waals surface area contributed by atoms with E-state index in [1.165, 1.54) is 5.69 Å². The summed E-state index contributed by atoms with van der Waals surface area (Å²) < 4.78 is 7.58. The quantitative estimate of drug-likeness (QED) is 0.817. The van der Waals surface area contributed by atoms with Crippen LogP contribution in [0.1, 0.15) is 23.6 Å². The molecule has 0 spiro atoms. The first-order valence-corrected chi connectivity index (χ1v) is 7.75. The average molecular weight is 292 g/mol. The summed E-state index contributed by atoms with van der Waals surface area (Å²) in [6.45, 7) is 10.7. The van der Waals surface area contributed by atoms with E-state index in [4.69, 9.17) is 4.74 Å². The lowest BCUT2D eigenvalue weighted by Gasteiger charge is -2.30. The minimum Gasteiger partial charge on any atom is -0.378 e. The molecular formula is C15H24N4O2. The van der Waals surface area contributed by atoms with Crippen LogP contribution in [0.3, 0.4) is 0 Å². The highest BCUT2D eigenvalue weighted by molar-refractivity contribution is 5.76. The van der Waals surface area contributed by atoms with E-state index in [-0.39, 0.29) is 5.91 Å². The zero-order chi connectivity index (χ0) is 14.8. The van der Waals surface area contributed by atoms with Crippen LogP contribution in [0.5, 0.6) is 0 Å². The van der Waals surface area contributed by atoms with Crippen molar-refractivity contribution in [3.63, 3.8) is 0 Å². The standard InChI is InChI=1S/C15H24N4O2/c1-12-13(2)19-6-5-17(11-14(19)16-12)4-3-15(20)18-7-9-21-10-8-18/h3-11H2,1-2H3. The van der Waals surface area contributed by atoms with E-state index >= 15 is 0 Å². The largest absolute Gasteiger partial charge is 0.378 e. The van der Waals surface area contributed by atoms with Crippen molar-refractivity contribution in [1.29, 1.82) is 0 Å². The second kappa shape index (κ2) is 6.15. The highest BCUT2D eigenvalue weighted by Gasteiger charge is 2.22. The van der Waals surface area contributed by atoms with Crippen LogP contribution in [-0.4, -0.2) is 64.7 Å². The van der Waals surface area contributed by atoms with E-state index in [1.807, 2.05) is 4.90 Å². The number of fused-ring (bicyclic) bond motifs is 1. The van der Waals surface area contributed by atoms with Gasteiger partial charge in [0.05, 0.1) is 25.5 Å². The molecule has 116 valence electrons. The second-order valence-corrected chi connectivity index (χ2v) is 5.87. The molecule has 3 rings (SSSR count). The molecule has 1 aromatic rings. The molecule has 2 aliphatic heterocycles. The van der Waals surface area contributed by atoms with E-state index in [2.05, 4.69) is 28.3 Å². The fraction of sp³-hybridized carbons (Fsp3) is 0.733. The average Bonchev–Trinajstić information content (AvgIpc) is 2.80. The van der Waals surface area contributed by atoms with Gasteiger partial charge >= 0.3 is 0 Å². The predicted molar refractivity (Wildman–Crippen MR) is 79.0 cm³/mol. The zero-order valence-electron chi connectivity index (χ0n) is 13.0. The van der Waals surface area contributed by atoms with Crippen LogP contribution in [0.15, 0.2) is 0 Å². The summed E-state index contributed by atoms with van der Waals surface area (Å²) in [5, 5.41) is 0. The fourth-order valence-electron chi connectivity index (χ4n) is 3.08. The highest BCUT2D eigenvalue weighted by atomic mass is 16.5. The molecule has 0 aliphatic carbocycles. The second-order valence-electron chi connectivity index (χ2n) is 5.87. The molecule has 1 fully saturated rings. The van der Waals surface area contributed by atoms with Crippen LogP contribution in [0, 0.1) is 13.8 Å². The maximum atomic E-state index is 12.2. The number of amides is 1. The van der Waals surface area contributed by atoms with Crippen LogP contribution < -0.4 is 0 Å². The van der Waals surface area contributed by atoms with Gasteiger partial charge in [0.15, 0.2) is 0 Å². The third kappa shape index (κ3) is 3.11. The van der Waals surface area contributed by atoms with Crippen molar-refractivity contribution in [2.45, 2.75) is 33.4 Å². The smallest absolute Gasteiger partial charge is 0.224 e. The van der Waals surface area contributed by atoms with Gasteiger partial charge in [0.2, 0.25) is 5.91 Å². The van der Waals surface area contributed by atoms with E-state index in [9.17, 15) is 4.79 Å². The SMILES string of the molecule is Cc1nc2n(c1C)CCN(CCC(=O)N1CCOCC1)C2. The van der Waals surface area contributed by atoms with Gasteiger partial charge in [-0.05, 0) is 13.8 Å². The molecule has 2 aliphatic rings. The number of carbonyl (C=O) groups excluding carboxylic acids is 1. The molecule has 0 saturated carbocycles.